The van der Waals surface area contributed by atoms with Gasteiger partial charge in [0.1, 0.15) is 5.82 Å². The fourth-order valence-corrected chi connectivity index (χ4v) is 4.32. The third kappa shape index (κ3) is 4.41. The van der Waals surface area contributed by atoms with Crippen molar-refractivity contribution in [3.8, 4) is 11.1 Å². The van der Waals surface area contributed by atoms with E-state index in [1.807, 2.05) is 36.2 Å². The van der Waals surface area contributed by atoms with Crippen LogP contribution in [0.5, 0.6) is 0 Å². The molecule has 32 heavy (non-hydrogen) atoms. The number of aromatic nitrogens is 1. The number of fused-ring (bicyclic) bond motifs is 1. The minimum Gasteiger partial charge on any atom is -0.382 e. The summed E-state index contributed by atoms with van der Waals surface area (Å²) in [6.45, 7) is 7.94. The van der Waals surface area contributed by atoms with Gasteiger partial charge in [-0.2, -0.15) is 0 Å². The number of nitrogens with zero attached hydrogens (tertiary/aromatic N) is 3. The van der Waals surface area contributed by atoms with Gasteiger partial charge in [0.05, 0.1) is 24.4 Å². The number of nitrogen functional groups attached to an aromatic ring is 1. The summed E-state index contributed by atoms with van der Waals surface area (Å²) in [6, 6.07) is 14.2. The largest absolute Gasteiger partial charge is 0.382 e. The van der Waals surface area contributed by atoms with E-state index in [2.05, 4.69) is 41.9 Å². The highest BCUT2D eigenvalue weighted by Gasteiger charge is 2.20. The van der Waals surface area contributed by atoms with Gasteiger partial charge in [0.2, 0.25) is 0 Å². The Morgan fingerprint density at radius 2 is 1.97 bits per heavy atom. The maximum atomic E-state index is 13.2. The van der Waals surface area contributed by atoms with Gasteiger partial charge in [0.25, 0.3) is 5.91 Å². The first-order valence-electron chi connectivity index (χ1n) is 11.4. The normalized spacial score (nSPS) is 14.0. The summed E-state index contributed by atoms with van der Waals surface area (Å²) in [7, 11) is 1.88. The highest BCUT2D eigenvalue weighted by molar-refractivity contribution is 6.02. The van der Waals surface area contributed by atoms with Crippen LogP contribution in [0.25, 0.3) is 22.0 Å². The van der Waals surface area contributed by atoms with Crippen LogP contribution in [-0.4, -0.2) is 55.7 Å². The average Bonchev–Trinajstić information content (AvgIpc) is 2.81. The zero-order chi connectivity index (χ0) is 22.7. The van der Waals surface area contributed by atoms with Gasteiger partial charge in [0.15, 0.2) is 0 Å². The number of anilines is 2. The van der Waals surface area contributed by atoms with Crippen molar-refractivity contribution in [1.82, 2.24) is 9.88 Å². The van der Waals surface area contributed by atoms with Crippen LogP contribution in [0.1, 0.15) is 35.7 Å². The van der Waals surface area contributed by atoms with E-state index in [4.69, 9.17) is 10.5 Å². The quantitative estimate of drug-likeness (QED) is 0.621. The van der Waals surface area contributed by atoms with E-state index in [0.717, 1.165) is 71.3 Å². The number of hydrogen-bond acceptors (Lipinski definition) is 5. The number of pyridine rings is 1. The topological polar surface area (TPSA) is 71.7 Å². The molecule has 0 spiro atoms. The molecular formula is C26H32N4O2. The highest BCUT2D eigenvalue weighted by atomic mass is 16.5. The monoisotopic (exact) mass is 432 g/mol. The molecule has 0 radical (unpaired) electrons. The SMILES string of the molecule is CCCCN(C)C(=O)c1cccc(C)c1-c1ccc2nc(N)c(N3CCOCC3)cc2c1. The van der Waals surface area contributed by atoms with Crippen LogP contribution in [-0.2, 0) is 4.74 Å². The number of morpholine rings is 1. The molecule has 1 aromatic heterocycles. The Kier molecular flexibility index (Phi) is 6.61. The fourth-order valence-electron chi connectivity index (χ4n) is 4.32. The van der Waals surface area contributed by atoms with Crippen LogP contribution in [0.3, 0.4) is 0 Å². The summed E-state index contributed by atoms with van der Waals surface area (Å²) in [5.41, 5.74) is 11.9. The Labute approximate surface area is 190 Å². The van der Waals surface area contributed by atoms with Crippen LogP contribution < -0.4 is 10.6 Å². The van der Waals surface area contributed by atoms with E-state index >= 15 is 0 Å². The second-order valence-electron chi connectivity index (χ2n) is 8.48. The third-order valence-electron chi connectivity index (χ3n) is 6.16. The number of unbranched alkanes of at least 4 members (excludes halogenated alkanes) is 1. The molecule has 1 aliphatic heterocycles. The maximum Gasteiger partial charge on any atom is 0.254 e. The smallest absolute Gasteiger partial charge is 0.254 e. The molecule has 2 heterocycles. The molecular weight excluding hydrogens is 400 g/mol. The van der Waals surface area contributed by atoms with E-state index in [9.17, 15) is 4.79 Å². The van der Waals surface area contributed by atoms with Crippen molar-refractivity contribution in [2.75, 3.05) is 50.5 Å². The Balaban J connectivity index is 1.76. The molecule has 3 aromatic rings. The van der Waals surface area contributed by atoms with E-state index in [1.54, 1.807) is 0 Å². The predicted molar refractivity (Wildman–Crippen MR) is 131 cm³/mol. The number of rotatable bonds is 6. The van der Waals surface area contributed by atoms with Crippen LogP contribution in [0.15, 0.2) is 42.5 Å². The maximum absolute atomic E-state index is 13.2. The second kappa shape index (κ2) is 9.57. The van der Waals surface area contributed by atoms with Gasteiger partial charge in [-0.1, -0.05) is 31.5 Å². The molecule has 0 unspecified atom stereocenters. The Hall–Kier alpha value is -3.12. The summed E-state index contributed by atoms with van der Waals surface area (Å²) in [5.74, 6) is 0.596. The molecule has 0 atom stereocenters. The molecule has 0 saturated carbocycles. The molecule has 168 valence electrons. The number of aryl methyl sites for hydroxylation is 1. The molecule has 1 aliphatic rings. The summed E-state index contributed by atoms with van der Waals surface area (Å²) in [5, 5.41) is 1.01. The molecule has 2 N–H and O–H groups in total. The Morgan fingerprint density at radius 3 is 2.72 bits per heavy atom. The number of nitrogens with two attached hydrogens (primary N) is 1. The molecule has 0 bridgehead atoms. The number of hydrogen-bond donors (Lipinski definition) is 1. The van der Waals surface area contributed by atoms with Crippen molar-refractivity contribution in [3.63, 3.8) is 0 Å². The summed E-state index contributed by atoms with van der Waals surface area (Å²) < 4.78 is 5.48. The van der Waals surface area contributed by atoms with Crippen LogP contribution in [0.4, 0.5) is 11.5 Å². The molecule has 6 nitrogen and oxygen atoms in total. The van der Waals surface area contributed by atoms with E-state index in [-0.39, 0.29) is 5.91 Å². The third-order valence-corrected chi connectivity index (χ3v) is 6.16. The Bertz CT molecular complexity index is 1120. The first kappa shape index (κ1) is 22.1. The van der Waals surface area contributed by atoms with Crippen molar-refractivity contribution in [1.29, 1.82) is 0 Å². The van der Waals surface area contributed by atoms with Crippen LogP contribution in [0.2, 0.25) is 0 Å². The number of carbonyl (C=O) groups excluding carboxylic acids is 1. The number of amides is 1. The van der Waals surface area contributed by atoms with Crippen molar-refractivity contribution in [2.45, 2.75) is 26.7 Å². The average molecular weight is 433 g/mol. The van der Waals surface area contributed by atoms with Crippen molar-refractivity contribution in [2.24, 2.45) is 0 Å². The number of carbonyl (C=O) groups is 1. The zero-order valence-electron chi connectivity index (χ0n) is 19.2. The van der Waals surface area contributed by atoms with E-state index in [0.29, 0.717) is 19.0 Å². The minimum absolute atomic E-state index is 0.0571. The van der Waals surface area contributed by atoms with Crippen LogP contribution >= 0.6 is 0 Å². The molecule has 2 aromatic carbocycles. The number of benzene rings is 2. The van der Waals surface area contributed by atoms with Gasteiger partial charge >= 0.3 is 0 Å². The fraction of sp³-hybridized carbons (Fsp3) is 0.385. The van der Waals surface area contributed by atoms with Gasteiger partial charge < -0.3 is 20.3 Å². The van der Waals surface area contributed by atoms with E-state index in [1.165, 1.54) is 0 Å². The van der Waals surface area contributed by atoms with Gasteiger partial charge in [-0.15, -0.1) is 0 Å². The first-order valence-corrected chi connectivity index (χ1v) is 11.4. The van der Waals surface area contributed by atoms with Gasteiger partial charge in [0, 0.05) is 37.6 Å². The van der Waals surface area contributed by atoms with Crippen LogP contribution in [0, 0.1) is 6.92 Å². The minimum atomic E-state index is 0.0571. The summed E-state index contributed by atoms with van der Waals surface area (Å²) >= 11 is 0. The summed E-state index contributed by atoms with van der Waals surface area (Å²) in [4.78, 5) is 21.9. The first-order chi connectivity index (χ1) is 15.5. The lowest BCUT2D eigenvalue weighted by atomic mass is 9.93. The molecule has 0 aliphatic carbocycles. The molecule has 6 heteroatoms. The molecule has 1 amide bonds. The van der Waals surface area contributed by atoms with Crippen molar-refractivity contribution < 1.29 is 9.53 Å². The van der Waals surface area contributed by atoms with Gasteiger partial charge in [-0.25, -0.2) is 4.98 Å². The Morgan fingerprint density at radius 1 is 1.19 bits per heavy atom. The van der Waals surface area contributed by atoms with Gasteiger partial charge in [-0.3, -0.25) is 4.79 Å². The van der Waals surface area contributed by atoms with Crippen molar-refractivity contribution in [3.05, 3.63) is 53.6 Å². The zero-order valence-corrected chi connectivity index (χ0v) is 19.2. The summed E-state index contributed by atoms with van der Waals surface area (Å²) in [6.07, 6.45) is 2.06. The van der Waals surface area contributed by atoms with Gasteiger partial charge in [-0.05, 0) is 54.3 Å². The predicted octanol–water partition coefficient (Wildman–Crippen LogP) is 4.50. The standard InChI is InChI=1S/C26H32N4O2/c1-4-5-11-29(3)26(31)21-8-6-7-18(2)24(21)19-9-10-22-20(16-19)17-23(25(27)28-22)30-12-14-32-15-13-30/h6-10,16-17H,4-5,11-15H2,1-3H3,(H2,27,28). The molecule has 1 fully saturated rings. The van der Waals surface area contributed by atoms with Crippen molar-refractivity contribution >= 4 is 28.3 Å². The van der Waals surface area contributed by atoms with E-state index < -0.39 is 0 Å². The molecule has 1 saturated heterocycles. The lowest BCUT2D eigenvalue weighted by molar-refractivity contribution is 0.0794. The lowest BCUT2D eigenvalue weighted by Crippen LogP contribution is -2.36. The number of ether oxygens (including phenoxy) is 1. The molecule has 4 rings (SSSR count). The lowest BCUT2D eigenvalue weighted by Gasteiger charge is -2.29. The second-order valence-corrected chi connectivity index (χ2v) is 8.48. The highest BCUT2D eigenvalue weighted by Crippen LogP contribution is 2.33.